The van der Waals surface area contributed by atoms with E-state index in [2.05, 4.69) is 15.3 Å². The Labute approximate surface area is 134 Å². The predicted octanol–water partition coefficient (Wildman–Crippen LogP) is 3.18. The molecule has 0 aliphatic heterocycles. The number of nitrogens with zero attached hydrogens (tertiary/aromatic N) is 2. The normalized spacial score (nSPS) is 10.7. The summed E-state index contributed by atoms with van der Waals surface area (Å²) in [6.45, 7) is 2.37. The smallest absolute Gasteiger partial charge is 0.307 e. The Morgan fingerprint density at radius 1 is 1.17 bits per heavy atom. The maximum atomic E-state index is 11.2. The van der Waals surface area contributed by atoms with E-state index in [1.165, 1.54) is 0 Å². The van der Waals surface area contributed by atoms with Crippen LogP contribution in [0.1, 0.15) is 17.0 Å². The number of nitrogens with one attached hydrogen (secondary N) is 1. The summed E-state index contributed by atoms with van der Waals surface area (Å²) in [4.78, 5) is 20.0. The molecule has 2 heterocycles. The van der Waals surface area contributed by atoms with Gasteiger partial charge in [0, 0.05) is 28.5 Å². The third-order valence-electron chi connectivity index (χ3n) is 3.70. The topological polar surface area (TPSA) is 75.1 Å². The number of hydrogen-bond acceptors (Lipinski definition) is 4. The van der Waals surface area contributed by atoms with E-state index in [1.54, 1.807) is 6.20 Å². The lowest BCUT2D eigenvalue weighted by atomic mass is 10.0. The Kier molecular flexibility index (Phi) is 4.19. The molecule has 0 atom stereocenters. The molecule has 2 aromatic heterocycles. The molecule has 5 heteroatoms. The van der Waals surface area contributed by atoms with Crippen molar-refractivity contribution in [3.8, 4) is 0 Å². The molecule has 0 saturated carbocycles. The number of carbonyl (C=O) groups is 1. The summed E-state index contributed by atoms with van der Waals surface area (Å²) in [7, 11) is 0. The Hall–Kier alpha value is -2.95. The van der Waals surface area contributed by atoms with Crippen LogP contribution in [-0.2, 0) is 17.8 Å². The van der Waals surface area contributed by atoms with E-state index in [4.69, 9.17) is 0 Å². The Morgan fingerprint density at radius 3 is 2.70 bits per heavy atom. The summed E-state index contributed by atoms with van der Waals surface area (Å²) >= 11 is 0. The average molecular weight is 307 g/mol. The summed E-state index contributed by atoms with van der Waals surface area (Å²) in [5, 5.41) is 13.5. The second-order valence-corrected chi connectivity index (χ2v) is 5.31. The first-order chi connectivity index (χ1) is 11.1. The van der Waals surface area contributed by atoms with Gasteiger partial charge in [0.25, 0.3) is 0 Å². The van der Waals surface area contributed by atoms with Crippen LogP contribution in [0, 0.1) is 6.92 Å². The van der Waals surface area contributed by atoms with Crippen molar-refractivity contribution < 1.29 is 9.90 Å². The summed E-state index contributed by atoms with van der Waals surface area (Å²) in [5.41, 5.74) is 4.01. The molecule has 3 aromatic rings. The largest absolute Gasteiger partial charge is 0.481 e. The SMILES string of the molecule is Cc1nc2ccccc2c(NCc2ccccn2)c1CC(=O)O. The fourth-order valence-corrected chi connectivity index (χ4v) is 2.63. The summed E-state index contributed by atoms with van der Waals surface area (Å²) in [6.07, 6.45) is 1.68. The maximum Gasteiger partial charge on any atom is 0.307 e. The molecule has 3 rings (SSSR count). The van der Waals surface area contributed by atoms with Crippen LogP contribution in [-0.4, -0.2) is 21.0 Å². The van der Waals surface area contributed by atoms with Gasteiger partial charge >= 0.3 is 5.97 Å². The third kappa shape index (κ3) is 3.29. The fraction of sp³-hybridized carbons (Fsp3) is 0.167. The highest BCUT2D eigenvalue weighted by molar-refractivity contribution is 5.94. The van der Waals surface area contributed by atoms with Gasteiger partial charge < -0.3 is 10.4 Å². The van der Waals surface area contributed by atoms with Crippen LogP contribution in [0.5, 0.6) is 0 Å². The lowest BCUT2D eigenvalue weighted by Gasteiger charge is -2.16. The molecule has 0 fully saturated rings. The number of para-hydroxylation sites is 1. The number of anilines is 1. The van der Waals surface area contributed by atoms with E-state index in [0.29, 0.717) is 12.1 Å². The van der Waals surface area contributed by atoms with Crippen LogP contribution < -0.4 is 5.32 Å². The molecule has 116 valence electrons. The number of carboxylic acids is 1. The minimum atomic E-state index is -0.869. The average Bonchev–Trinajstić information content (AvgIpc) is 2.55. The Morgan fingerprint density at radius 2 is 1.96 bits per heavy atom. The summed E-state index contributed by atoms with van der Waals surface area (Å²) in [6, 6.07) is 13.5. The highest BCUT2D eigenvalue weighted by Crippen LogP contribution is 2.29. The first-order valence-electron chi connectivity index (χ1n) is 7.39. The molecule has 0 spiro atoms. The van der Waals surface area contributed by atoms with Gasteiger partial charge in [-0.2, -0.15) is 0 Å². The van der Waals surface area contributed by atoms with Gasteiger partial charge in [0.2, 0.25) is 0 Å². The predicted molar refractivity (Wildman–Crippen MR) is 89.4 cm³/mol. The minimum Gasteiger partial charge on any atom is -0.481 e. The highest BCUT2D eigenvalue weighted by Gasteiger charge is 2.15. The molecule has 0 unspecified atom stereocenters. The molecule has 2 N–H and O–H groups in total. The zero-order valence-electron chi connectivity index (χ0n) is 12.8. The van der Waals surface area contributed by atoms with Crippen molar-refractivity contribution in [1.29, 1.82) is 0 Å². The number of pyridine rings is 2. The molecular weight excluding hydrogens is 290 g/mol. The highest BCUT2D eigenvalue weighted by atomic mass is 16.4. The quantitative estimate of drug-likeness (QED) is 0.757. The van der Waals surface area contributed by atoms with E-state index in [1.807, 2.05) is 49.4 Å². The van der Waals surface area contributed by atoms with Crippen LogP contribution in [0.15, 0.2) is 48.7 Å². The zero-order valence-corrected chi connectivity index (χ0v) is 12.8. The monoisotopic (exact) mass is 307 g/mol. The Bertz CT molecular complexity index is 848. The molecule has 5 nitrogen and oxygen atoms in total. The molecule has 0 bridgehead atoms. The van der Waals surface area contributed by atoms with Gasteiger partial charge in [-0.25, -0.2) is 0 Å². The summed E-state index contributed by atoms with van der Waals surface area (Å²) < 4.78 is 0. The molecular formula is C18H17N3O2. The van der Waals surface area contributed by atoms with Crippen molar-refractivity contribution >= 4 is 22.6 Å². The van der Waals surface area contributed by atoms with Gasteiger partial charge in [-0.1, -0.05) is 24.3 Å². The van der Waals surface area contributed by atoms with E-state index in [-0.39, 0.29) is 6.42 Å². The number of aryl methyl sites for hydroxylation is 1. The molecule has 1 aromatic carbocycles. The standard InChI is InChI=1S/C18H17N3O2/c1-12-15(10-17(22)23)18(14-7-2-3-8-16(14)21-12)20-11-13-6-4-5-9-19-13/h2-9H,10-11H2,1H3,(H,20,21)(H,22,23). The lowest BCUT2D eigenvalue weighted by Crippen LogP contribution is -2.10. The zero-order chi connectivity index (χ0) is 16.2. The van der Waals surface area contributed by atoms with E-state index in [0.717, 1.165) is 28.0 Å². The van der Waals surface area contributed by atoms with Gasteiger partial charge in [0.1, 0.15) is 0 Å². The minimum absolute atomic E-state index is 0.0613. The van der Waals surface area contributed by atoms with E-state index in [9.17, 15) is 9.90 Å². The molecule has 0 aliphatic carbocycles. The van der Waals surface area contributed by atoms with Crippen molar-refractivity contribution in [2.45, 2.75) is 19.9 Å². The van der Waals surface area contributed by atoms with Crippen LogP contribution in [0.2, 0.25) is 0 Å². The van der Waals surface area contributed by atoms with Crippen molar-refractivity contribution in [2.75, 3.05) is 5.32 Å². The van der Waals surface area contributed by atoms with Crippen LogP contribution in [0.4, 0.5) is 5.69 Å². The number of benzene rings is 1. The first-order valence-corrected chi connectivity index (χ1v) is 7.39. The molecule has 0 radical (unpaired) electrons. The molecule has 23 heavy (non-hydrogen) atoms. The first kappa shape index (κ1) is 15.0. The van der Waals surface area contributed by atoms with E-state index < -0.39 is 5.97 Å². The third-order valence-corrected chi connectivity index (χ3v) is 3.70. The van der Waals surface area contributed by atoms with Crippen molar-refractivity contribution in [3.63, 3.8) is 0 Å². The van der Waals surface area contributed by atoms with Gasteiger partial charge in [-0.3, -0.25) is 14.8 Å². The van der Waals surface area contributed by atoms with E-state index >= 15 is 0 Å². The fourth-order valence-electron chi connectivity index (χ4n) is 2.63. The molecule has 0 amide bonds. The van der Waals surface area contributed by atoms with Crippen LogP contribution in [0.25, 0.3) is 10.9 Å². The second kappa shape index (κ2) is 6.44. The van der Waals surface area contributed by atoms with Crippen LogP contribution >= 0.6 is 0 Å². The van der Waals surface area contributed by atoms with Crippen molar-refractivity contribution in [1.82, 2.24) is 9.97 Å². The van der Waals surface area contributed by atoms with Gasteiger partial charge in [-0.15, -0.1) is 0 Å². The Balaban J connectivity index is 2.05. The summed E-state index contributed by atoms with van der Waals surface area (Å²) in [5.74, 6) is -0.869. The van der Waals surface area contributed by atoms with Gasteiger partial charge in [0.15, 0.2) is 0 Å². The molecule has 0 saturated heterocycles. The number of fused-ring (bicyclic) bond motifs is 1. The van der Waals surface area contributed by atoms with Crippen molar-refractivity contribution in [2.24, 2.45) is 0 Å². The number of aromatic nitrogens is 2. The van der Waals surface area contributed by atoms with Gasteiger partial charge in [-0.05, 0) is 25.1 Å². The van der Waals surface area contributed by atoms with Crippen molar-refractivity contribution in [3.05, 3.63) is 65.6 Å². The van der Waals surface area contributed by atoms with Crippen LogP contribution in [0.3, 0.4) is 0 Å². The number of rotatable bonds is 5. The number of aliphatic carboxylic acids is 1. The second-order valence-electron chi connectivity index (χ2n) is 5.31. The maximum absolute atomic E-state index is 11.2. The van der Waals surface area contributed by atoms with Gasteiger partial charge in [0.05, 0.1) is 24.2 Å². The number of hydrogen-bond donors (Lipinski definition) is 2. The number of carboxylic acid groups (broad SMARTS) is 1. The molecule has 0 aliphatic rings. The lowest BCUT2D eigenvalue weighted by molar-refractivity contribution is -0.136.